The lowest BCUT2D eigenvalue weighted by atomic mass is 9.98. The molecule has 0 spiro atoms. The summed E-state index contributed by atoms with van der Waals surface area (Å²) in [5, 5.41) is 3.10. The van der Waals surface area contributed by atoms with Gasteiger partial charge in [0.2, 0.25) is 0 Å². The molecule has 0 aliphatic rings. The molecule has 6 heteroatoms. The van der Waals surface area contributed by atoms with Crippen molar-refractivity contribution < 1.29 is 22.7 Å². The Kier molecular flexibility index (Phi) is 6.87. The zero-order valence-electron chi connectivity index (χ0n) is 13.0. The van der Waals surface area contributed by atoms with Gasteiger partial charge in [-0.1, -0.05) is 25.1 Å². The van der Waals surface area contributed by atoms with Crippen LogP contribution >= 0.6 is 0 Å². The van der Waals surface area contributed by atoms with E-state index in [2.05, 4.69) is 5.32 Å². The van der Waals surface area contributed by atoms with Crippen molar-refractivity contribution >= 4 is 5.97 Å². The van der Waals surface area contributed by atoms with Crippen LogP contribution in [0.3, 0.4) is 0 Å². The predicted octanol–water partition coefficient (Wildman–Crippen LogP) is 3.77. The highest BCUT2D eigenvalue weighted by Gasteiger charge is 2.30. The van der Waals surface area contributed by atoms with Gasteiger partial charge in [0.1, 0.15) is 0 Å². The Labute approximate surface area is 128 Å². The summed E-state index contributed by atoms with van der Waals surface area (Å²) in [7, 11) is 0. The van der Waals surface area contributed by atoms with E-state index in [9.17, 15) is 18.0 Å². The largest absolute Gasteiger partial charge is 0.466 e. The number of alkyl halides is 3. The van der Waals surface area contributed by atoms with Crippen LogP contribution < -0.4 is 5.32 Å². The molecule has 1 aromatic rings. The number of carbonyl (C=O) groups excluding carboxylic acids is 1. The fourth-order valence-corrected chi connectivity index (χ4v) is 2.25. The van der Waals surface area contributed by atoms with Crippen LogP contribution in [0.4, 0.5) is 13.2 Å². The fraction of sp³-hybridized carbons (Fsp3) is 0.562. The van der Waals surface area contributed by atoms with Crippen LogP contribution in [0.1, 0.15) is 38.3 Å². The molecular formula is C16H22F3NO2. The van der Waals surface area contributed by atoms with Crippen LogP contribution in [0.5, 0.6) is 0 Å². The van der Waals surface area contributed by atoms with Crippen LogP contribution in [0.25, 0.3) is 0 Å². The molecule has 0 saturated carbocycles. The number of benzene rings is 1. The second kappa shape index (κ2) is 8.17. The maximum absolute atomic E-state index is 12.7. The van der Waals surface area contributed by atoms with Crippen molar-refractivity contribution in [3.05, 3.63) is 35.4 Å². The average molecular weight is 317 g/mol. The monoisotopic (exact) mass is 317 g/mol. The second-order valence-corrected chi connectivity index (χ2v) is 5.13. The van der Waals surface area contributed by atoms with E-state index < -0.39 is 11.7 Å². The third kappa shape index (κ3) is 5.33. The van der Waals surface area contributed by atoms with E-state index in [1.54, 1.807) is 13.0 Å². The normalized spacial score (nSPS) is 14.5. The van der Waals surface area contributed by atoms with Crippen molar-refractivity contribution in [2.24, 2.45) is 5.92 Å². The first-order valence-electron chi connectivity index (χ1n) is 7.35. The zero-order valence-corrected chi connectivity index (χ0v) is 13.0. The van der Waals surface area contributed by atoms with Gasteiger partial charge in [-0.3, -0.25) is 4.79 Å². The number of carbonyl (C=O) groups is 1. The lowest BCUT2D eigenvalue weighted by Gasteiger charge is -2.22. The number of ether oxygens (including phenoxy) is 1. The van der Waals surface area contributed by atoms with Crippen molar-refractivity contribution in [3.63, 3.8) is 0 Å². The van der Waals surface area contributed by atoms with Crippen LogP contribution in [0, 0.1) is 5.92 Å². The van der Waals surface area contributed by atoms with Crippen molar-refractivity contribution in [3.8, 4) is 0 Å². The number of halogens is 3. The highest BCUT2D eigenvalue weighted by Crippen LogP contribution is 2.29. The molecule has 2 unspecified atom stereocenters. The molecule has 0 amide bonds. The van der Waals surface area contributed by atoms with Crippen molar-refractivity contribution in [1.29, 1.82) is 0 Å². The molecule has 1 rings (SSSR count). The van der Waals surface area contributed by atoms with Crippen molar-refractivity contribution in [2.75, 3.05) is 6.61 Å². The van der Waals surface area contributed by atoms with Gasteiger partial charge in [-0.15, -0.1) is 0 Å². The minimum Gasteiger partial charge on any atom is -0.466 e. The topological polar surface area (TPSA) is 38.3 Å². The molecule has 22 heavy (non-hydrogen) atoms. The fourth-order valence-electron chi connectivity index (χ4n) is 2.25. The smallest absolute Gasteiger partial charge is 0.416 e. The summed E-state index contributed by atoms with van der Waals surface area (Å²) in [5.74, 6) is -0.597. The number of esters is 1. The van der Waals surface area contributed by atoms with Gasteiger partial charge in [0.05, 0.1) is 18.1 Å². The van der Waals surface area contributed by atoms with Gasteiger partial charge in [-0.2, -0.15) is 13.2 Å². The maximum atomic E-state index is 12.7. The van der Waals surface area contributed by atoms with Gasteiger partial charge >= 0.3 is 12.1 Å². The Morgan fingerprint density at radius 2 is 2.00 bits per heavy atom. The van der Waals surface area contributed by atoms with Gasteiger partial charge in [-0.25, -0.2) is 0 Å². The molecule has 2 atom stereocenters. The average Bonchev–Trinajstić information content (AvgIpc) is 2.45. The summed E-state index contributed by atoms with van der Waals surface area (Å²) in [5.41, 5.74) is -0.141. The van der Waals surface area contributed by atoms with E-state index in [0.717, 1.165) is 12.1 Å². The SMILES string of the molecule is CCOC(=O)C(CC)C(C)NCc1cccc(C(F)(F)F)c1. The quantitative estimate of drug-likeness (QED) is 0.778. The summed E-state index contributed by atoms with van der Waals surface area (Å²) >= 11 is 0. The van der Waals surface area contributed by atoms with E-state index in [4.69, 9.17) is 4.74 Å². The lowest BCUT2D eigenvalue weighted by molar-refractivity contribution is -0.149. The van der Waals surface area contributed by atoms with Gasteiger partial charge in [0.15, 0.2) is 0 Å². The highest BCUT2D eigenvalue weighted by atomic mass is 19.4. The molecule has 0 fully saturated rings. The first-order valence-corrected chi connectivity index (χ1v) is 7.35. The summed E-state index contributed by atoms with van der Waals surface area (Å²) in [6.45, 7) is 6.03. The van der Waals surface area contributed by atoms with E-state index in [1.165, 1.54) is 6.07 Å². The van der Waals surface area contributed by atoms with Crippen LogP contribution in [-0.2, 0) is 22.3 Å². The van der Waals surface area contributed by atoms with Crippen LogP contribution in [-0.4, -0.2) is 18.6 Å². The number of hydrogen-bond donors (Lipinski definition) is 1. The molecule has 124 valence electrons. The molecular weight excluding hydrogens is 295 g/mol. The van der Waals surface area contributed by atoms with E-state index in [1.807, 2.05) is 13.8 Å². The summed E-state index contributed by atoms with van der Waals surface area (Å²) in [4.78, 5) is 11.8. The summed E-state index contributed by atoms with van der Waals surface area (Å²) < 4.78 is 43.0. The molecule has 3 nitrogen and oxygen atoms in total. The van der Waals surface area contributed by atoms with E-state index >= 15 is 0 Å². The Morgan fingerprint density at radius 1 is 1.32 bits per heavy atom. The van der Waals surface area contributed by atoms with Gasteiger partial charge < -0.3 is 10.1 Å². The molecule has 0 bridgehead atoms. The van der Waals surface area contributed by atoms with Crippen molar-refractivity contribution in [1.82, 2.24) is 5.32 Å². The predicted molar refractivity (Wildman–Crippen MR) is 78.2 cm³/mol. The van der Waals surface area contributed by atoms with E-state index in [0.29, 0.717) is 18.6 Å². The van der Waals surface area contributed by atoms with Gasteiger partial charge in [-0.05, 0) is 31.9 Å². The Morgan fingerprint density at radius 3 is 2.55 bits per heavy atom. The second-order valence-electron chi connectivity index (χ2n) is 5.13. The molecule has 1 aromatic carbocycles. The summed E-state index contributed by atoms with van der Waals surface area (Å²) in [6, 6.07) is 4.98. The van der Waals surface area contributed by atoms with Gasteiger partial charge in [0.25, 0.3) is 0 Å². The molecule has 0 aliphatic heterocycles. The van der Waals surface area contributed by atoms with Crippen molar-refractivity contribution in [2.45, 2.75) is 46.0 Å². The summed E-state index contributed by atoms with van der Waals surface area (Å²) in [6.07, 6.45) is -3.74. The molecule has 1 N–H and O–H groups in total. The molecule has 0 saturated heterocycles. The standard InChI is InChI=1S/C16H22F3NO2/c1-4-14(15(21)22-5-2)11(3)20-10-12-7-6-8-13(9-12)16(17,18)19/h6-9,11,14,20H,4-5,10H2,1-3H3. The van der Waals surface area contributed by atoms with Gasteiger partial charge in [0, 0.05) is 12.6 Å². The number of nitrogens with one attached hydrogen (secondary N) is 1. The third-order valence-corrected chi connectivity index (χ3v) is 3.52. The molecule has 0 heterocycles. The minimum absolute atomic E-state index is 0.182. The molecule has 0 radical (unpaired) electrons. The van der Waals surface area contributed by atoms with E-state index in [-0.39, 0.29) is 24.5 Å². The first-order chi connectivity index (χ1) is 10.3. The molecule has 0 aliphatic carbocycles. The third-order valence-electron chi connectivity index (χ3n) is 3.52. The Balaban J connectivity index is 2.67. The zero-order chi connectivity index (χ0) is 16.8. The maximum Gasteiger partial charge on any atom is 0.416 e. The first kappa shape index (κ1) is 18.5. The Bertz CT molecular complexity index is 489. The number of hydrogen-bond acceptors (Lipinski definition) is 3. The Hall–Kier alpha value is -1.56. The van der Waals surface area contributed by atoms with Crippen LogP contribution in [0.2, 0.25) is 0 Å². The van der Waals surface area contributed by atoms with Crippen LogP contribution in [0.15, 0.2) is 24.3 Å². The minimum atomic E-state index is -4.35. The lowest BCUT2D eigenvalue weighted by Crippen LogP contribution is -2.38. The highest BCUT2D eigenvalue weighted by molar-refractivity contribution is 5.73. The number of rotatable bonds is 7. The molecule has 0 aromatic heterocycles.